The van der Waals surface area contributed by atoms with Crippen LogP contribution in [0.1, 0.15) is 79.6 Å². The molecule has 4 heteroatoms. The molecule has 0 heterocycles. The molecule has 1 unspecified atom stereocenters. The predicted octanol–water partition coefficient (Wildman–Crippen LogP) is 5.21. The van der Waals surface area contributed by atoms with Gasteiger partial charge in [-0.3, -0.25) is 14.4 Å². The van der Waals surface area contributed by atoms with Gasteiger partial charge in [0, 0.05) is 30.1 Å². The Morgan fingerprint density at radius 1 is 1.23 bits per heavy atom. The second-order valence-corrected chi connectivity index (χ2v) is 10.6. The number of esters is 1. The SMILES string of the molecule is CCCC(OC(C)=O)[C@H]1CC(=O)[C@@]2(C)CC[C@H]3[C@@H](CCC4=CC(=O)C=C(C)[C@@]43C)[C@H]12. The van der Waals surface area contributed by atoms with E-state index in [0.717, 1.165) is 38.5 Å². The van der Waals surface area contributed by atoms with E-state index >= 15 is 0 Å². The topological polar surface area (TPSA) is 60.4 Å². The van der Waals surface area contributed by atoms with Crippen LogP contribution in [0.2, 0.25) is 0 Å². The van der Waals surface area contributed by atoms with E-state index in [1.54, 1.807) is 0 Å². The summed E-state index contributed by atoms with van der Waals surface area (Å²) in [6.07, 6.45) is 9.68. The van der Waals surface area contributed by atoms with Crippen molar-refractivity contribution >= 4 is 17.5 Å². The number of ether oxygens (including phenoxy) is 1. The molecule has 0 saturated heterocycles. The van der Waals surface area contributed by atoms with Gasteiger partial charge in [-0.25, -0.2) is 0 Å². The number of allylic oxidation sites excluding steroid dienone is 4. The third kappa shape index (κ3) is 3.05. The Balaban J connectivity index is 1.73. The molecule has 0 aromatic heterocycles. The molecule has 0 radical (unpaired) electrons. The maximum absolute atomic E-state index is 13.3. The molecule has 4 aliphatic carbocycles. The Hall–Kier alpha value is -1.71. The molecule has 0 aliphatic heterocycles. The number of fused-ring (bicyclic) bond motifs is 5. The zero-order chi connectivity index (χ0) is 21.8. The minimum absolute atomic E-state index is 0.0873. The third-order valence-electron chi connectivity index (χ3n) is 9.23. The molecule has 0 spiro atoms. The Morgan fingerprint density at radius 3 is 2.63 bits per heavy atom. The van der Waals surface area contributed by atoms with E-state index in [4.69, 9.17) is 4.74 Å². The number of carbonyl (C=O) groups excluding carboxylic acids is 3. The van der Waals surface area contributed by atoms with Crippen LogP contribution in [0.25, 0.3) is 0 Å². The highest BCUT2D eigenvalue weighted by Gasteiger charge is 2.63. The van der Waals surface area contributed by atoms with Gasteiger partial charge in [-0.1, -0.05) is 38.3 Å². The van der Waals surface area contributed by atoms with Crippen LogP contribution in [-0.2, 0) is 19.1 Å². The van der Waals surface area contributed by atoms with Gasteiger partial charge in [0.2, 0.25) is 0 Å². The third-order valence-corrected chi connectivity index (χ3v) is 9.23. The monoisotopic (exact) mass is 412 g/mol. The van der Waals surface area contributed by atoms with Gasteiger partial charge in [0.1, 0.15) is 11.9 Å². The largest absolute Gasteiger partial charge is 0.462 e. The van der Waals surface area contributed by atoms with Gasteiger partial charge in [0.25, 0.3) is 0 Å². The summed E-state index contributed by atoms with van der Waals surface area (Å²) in [6.45, 7) is 10.2. The highest BCUT2D eigenvalue weighted by atomic mass is 16.5. The summed E-state index contributed by atoms with van der Waals surface area (Å²) in [5.74, 6) is 1.47. The summed E-state index contributed by atoms with van der Waals surface area (Å²) >= 11 is 0. The number of rotatable bonds is 4. The fourth-order valence-electron chi connectivity index (χ4n) is 7.73. The van der Waals surface area contributed by atoms with Crippen molar-refractivity contribution in [1.29, 1.82) is 0 Å². The van der Waals surface area contributed by atoms with Gasteiger partial charge in [-0.15, -0.1) is 0 Å². The van der Waals surface area contributed by atoms with E-state index in [0.29, 0.717) is 24.0 Å². The quantitative estimate of drug-likeness (QED) is 0.595. The number of Topliss-reactive ketones (excluding diaryl/α,β-unsaturated/α-hetero) is 1. The molecule has 3 saturated carbocycles. The van der Waals surface area contributed by atoms with Crippen LogP contribution < -0.4 is 0 Å². The lowest BCUT2D eigenvalue weighted by Crippen LogP contribution is -2.53. The first-order valence-electron chi connectivity index (χ1n) is 11.8. The second kappa shape index (κ2) is 7.46. The molecular formula is C26H36O4. The molecule has 4 nitrogen and oxygen atoms in total. The molecule has 0 bridgehead atoms. The van der Waals surface area contributed by atoms with E-state index < -0.39 is 0 Å². The van der Waals surface area contributed by atoms with Gasteiger partial charge < -0.3 is 4.74 Å². The second-order valence-electron chi connectivity index (χ2n) is 10.6. The van der Waals surface area contributed by atoms with Crippen molar-refractivity contribution in [3.63, 3.8) is 0 Å². The van der Waals surface area contributed by atoms with E-state index in [1.165, 1.54) is 18.1 Å². The van der Waals surface area contributed by atoms with E-state index in [-0.39, 0.29) is 40.5 Å². The highest BCUT2D eigenvalue weighted by Crippen LogP contribution is 2.66. The molecule has 0 amide bonds. The lowest BCUT2D eigenvalue weighted by atomic mass is 9.46. The molecule has 0 N–H and O–H groups in total. The van der Waals surface area contributed by atoms with Crippen molar-refractivity contribution in [3.8, 4) is 0 Å². The maximum atomic E-state index is 13.3. The Kier molecular flexibility index (Phi) is 5.35. The normalized spacial score (nSPS) is 41.2. The molecular weight excluding hydrogens is 376 g/mol. The molecule has 30 heavy (non-hydrogen) atoms. The predicted molar refractivity (Wildman–Crippen MR) is 116 cm³/mol. The van der Waals surface area contributed by atoms with Crippen LogP contribution in [0.15, 0.2) is 23.3 Å². The van der Waals surface area contributed by atoms with Gasteiger partial charge in [0.15, 0.2) is 5.78 Å². The van der Waals surface area contributed by atoms with Gasteiger partial charge in [-0.2, -0.15) is 0 Å². The van der Waals surface area contributed by atoms with Crippen molar-refractivity contribution in [2.45, 2.75) is 85.7 Å². The molecule has 164 valence electrons. The van der Waals surface area contributed by atoms with Crippen LogP contribution in [-0.4, -0.2) is 23.6 Å². The molecule has 3 fully saturated rings. The molecule has 0 aromatic rings. The fraction of sp³-hybridized carbons (Fsp3) is 0.731. The average Bonchev–Trinajstić information content (AvgIpc) is 2.94. The Labute approximate surface area is 180 Å². The highest BCUT2D eigenvalue weighted by molar-refractivity contribution is 6.02. The minimum Gasteiger partial charge on any atom is -0.462 e. The first-order chi connectivity index (χ1) is 14.1. The maximum Gasteiger partial charge on any atom is 0.302 e. The molecule has 4 rings (SSSR count). The summed E-state index contributed by atoms with van der Waals surface area (Å²) in [6, 6.07) is 0. The zero-order valence-corrected chi connectivity index (χ0v) is 19.1. The van der Waals surface area contributed by atoms with Gasteiger partial charge >= 0.3 is 5.97 Å². The lowest BCUT2D eigenvalue weighted by molar-refractivity contribution is -0.153. The standard InChI is InChI=1S/C26H36O4/c1-6-7-22(30-16(3)27)20-14-23(29)25(4)11-10-21-19(24(20)25)9-8-17-13-18(28)12-15(2)26(17,21)5/h12-13,19-22,24H,6-11,14H2,1-5H3/t19-,20-,21+,22?,24-,25-,26+/m1/s1. The zero-order valence-electron chi connectivity index (χ0n) is 19.1. The molecule has 7 atom stereocenters. The first-order valence-corrected chi connectivity index (χ1v) is 11.8. The van der Waals surface area contributed by atoms with Crippen molar-refractivity contribution in [3.05, 3.63) is 23.3 Å². The summed E-state index contributed by atoms with van der Waals surface area (Å²) in [5.41, 5.74) is 2.06. The van der Waals surface area contributed by atoms with E-state index in [9.17, 15) is 14.4 Å². The Morgan fingerprint density at radius 2 is 1.97 bits per heavy atom. The van der Waals surface area contributed by atoms with Crippen molar-refractivity contribution in [2.75, 3.05) is 0 Å². The molecule has 0 aromatic carbocycles. The first kappa shape index (κ1) is 21.5. The van der Waals surface area contributed by atoms with Crippen molar-refractivity contribution in [1.82, 2.24) is 0 Å². The number of hydrogen-bond acceptors (Lipinski definition) is 4. The van der Waals surface area contributed by atoms with Crippen LogP contribution >= 0.6 is 0 Å². The van der Waals surface area contributed by atoms with Crippen LogP contribution in [0.4, 0.5) is 0 Å². The summed E-state index contributed by atoms with van der Waals surface area (Å²) in [7, 11) is 0. The summed E-state index contributed by atoms with van der Waals surface area (Å²) in [5, 5.41) is 0. The van der Waals surface area contributed by atoms with Gasteiger partial charge in [-0.05, 0) is 68.9 Å². The van der Waals surface area contributed by atoms with Crippen molar-refractivity contribution < 1.29 is 19.1 Å². The lowest BCUT2D eigenvalue weighted by Gasteiger charge is -2.58. The Bertz CT molecular complexity index is 836. The van der Waals surface area contributed by atoms with Gasteiger partial charge in [0.05, 0.1) is 0 Å². The van der Waals surface area contributed by atoms with Crippen LogP contribution in [0.5, 0.6) is 0 Å². The number of ketones is 2. The summed E-state index contributed by atoms with van der Waals surface area (Å²) in [4.78, 5) is 37.3. The van der Waals surface area contributed by atoms with Crippen LogP contribution in [0, 0.1) is 34.5 Å². The minimum atomic E-state index is -0.308. The molecule has 4 aliphatic rings. The summed E-state index contributed by atoms with van der Waals surface area (Å²) < 4.78 is 5.81. The number of hydrogen-bond donors (Lipinski definition) is 0. The fourth-order valence-corrected chi connectivity index (χ4v) is 7.73. The van der Waals surface area contributed by atoms with Crippen LogP contribution in [0.3, 0.4) is 0 Å². The number of carbonyl (C=O) groups is 3. The smallest absolute Gasteiger partial charge is 0.302 e. The average molecular weight is 413 g/mol. The van der Waals surface area contributed by atoms with E-state index in [2.05, 4.69) is 27.7 Å². The van der Waals surface area contributed by atoms with Crippen molar-refractivity contribution in [2.24, 2.45) is 34.5 Å². The van der Waals surface area contributed by atoms with E-state index in [1.807, 2.05) is 12.2 Å².